The summed E-state index contributed by atoms with van der Waals surface area (Å²) < 4.78 is 45.5. The fourth-order valence-electron chi connectivity index (χ4n) is 2.76. The number of carboxylic acids is 1. The molecule has 1 aliphatic heterocycles. The number of benzene rings is 1. The molecule has 1 aromatic carbocycles. The number of anilines is 1. The van der Waals surface area contributed by atoms with Crippen molar-refractivity contribution in [1.82, 2.24) is 9.88 Å². The van der Waals surface area contributed by atoms with Crippen molar-refractivity contribution in [2.45, 2.75) is 25.4 Å². The predicted molar refractivity (Wildman–Crippen MR) is 102 cm³/mol. The molecular weight excluding hydrogens is 406 g/mol. The van der Waals surface area contributed by atoms with E-state index in [2.05, 4.69) is 10.3 Å². The average Bonchev–Trinajstić information content (AvgIpc) is 2.73. The Morgan fingerprint density at radius 3 is 2.23 bits per heavy atom. The molecule has 1 amide bonds. The van der Waals surface area contributed by atoms with Gasteiger partial charge in [-0.1, -0.05) is 12.1 Å². The lowest BCUT2D eigenvalue weighted by molar-refractivity contribution is -0.192. The Morgan fingerprint density at radius 2 is 1.70 bits per heavy atom. The number of aromatic nitrogens is 1. The van der Waals surface area contributed by atoms with Gasteiger partial charge >= 0.3 is 12.1 Å². The third-order valence-corrected chi connectivity index (χ3v) is 4.31. The van der Waals surface area contributed by atoms with Crippen LogP contribution in [0.2, 0.25) is 0 Å². The van der Waals surface area contributed by atoms with E-state index in [9.17, 15) is 22.4 Å². The number of carbonyl (C=O) groups excluding carboxylic acids is 1. The van der Waals surface area contributed by atoms with Gasteiger partial charge in [-0.25, -0.2) is 9.18 Å². The molecule has 0 bridgehead atoms. The normalized spacial score (nSPS) is 13.8. The monoisotopic (exact) mass is 427 g/mol. The highest BCUT2D eigenvalue weighted by Gasteiger charge is 2.38. The third kappa shape index (κ3) is 7.02. The summed E-state index contributed by atoms with van der Waals surface area (Å²) in [6, 6.07) is 10.1. The maximum atomic E-state index is 13.7. The maximum absolute atomic E-state index is 13.7. The molecule has 3 rings (SSSR count). The summed E-state index contributed by atoms with van der Waals surface area (Å²) in [5.74, 6) is -2.93. The van der Waals surface area contributed by atoms with Crippen molar-refractivity contribution in [2.24, 2.45) is 0 Å². The second-order valence-corrected chi connectivity index (χ2v) is 6.51. The smallest absolute Gasteiger partial charge is 0.475 e. The molecule has 0 saturated carbocycles. The van der Waals surface area contributed by atoms with E-state index in [-0.39, 0.29) is 18.3 Å². The fourth-order valence-corrected chi connectivity index (χ4v) is 2.76. The van der Waals surface area contributed by atoms with Crippen LogP contribution in [-0.2, 0) is 9.59 Å². The Kier molecular flexibility index (Phi) is 8.14. The van der Waals surface area contributed by atoms with Crippen molar-refractivity contribution in [2.75, 3.05) is 25.0 Å². The van der Waals surface area contributed by atoms with E-state index in [0.717, 1.165) is 31.6 Å². The molecular formula is C20H21F4N3O3. The molecule has 2 heterocycles. The number of hydrogen-bond donors (Lipinski definition) is 2. The number of hydrogen-bond acceptors (Lipinski definition) is 4. The Morgan fingerprint density at radius 1 is 1.07 bits per heavy atom. The van der Waals surface area contributed by atoms with Crippen molar-refractivity contribution < 1.29 is 32.3 Å². The molecule has 2 aromatic rings. The number of rotatable bonds is 4. The van der Waals surface area contributed by atoms with Crippen molar-refractivity contribution in [3.63, 3.8) is 0 Å². The van der Waals surface area contributed by atoms with Crippen LogP contribution in [0.1, 0.15) is 19.3 Å². The first-order chi connectivity index (χ1) is 14.2. The highest BCUT2D eigenvalue weighted by Crippen LogP contribution is 2.21. The average molecular weight is 427 g/mol. The summed E-state index contributed by atoms with van der Waals surface area (Å²) >= 11 is 0. The van der Waals surface area contributed by atoms with Crippen LogP contribution >= 0.6 is 0 Å². The van der Waals surface area contributed by atoms with Gasteiger partial charge in [-0.3, -0.25) is 9.78 Å². The molecule has 0 radical (unpaired) electrons. The van der Waals surface area contributed by atoms with E-state index in [1.807, 2.05) is 11.0 Å². The van der Waals surface area contributed by atoms with Gasteiger partial charge in [0, 0.05) is 18.7 Å². The number of alkyl halides is 3. The van der Waals surface area contributed by atoms with E-state index in [1.54, 1.807) is 30.5 Å². The largest absolute Gasteiger partial charge is 0.490 e. The maximum Gasteiger partial charge on any atom is 0.490 e. The van der Waals surface area contributed by atoms with Crippen LogP contribution in [-0.4, -0.2) is 52.7 Å². The van der Waals surface area contributed by atoms with E-state index in [4.69, 9.17) is 9.90 Å². The van der Waals surface area contributed by atoms with Gasteiger partial charge < -0.3 is 15.3 Å². The number of pyridine rings is 1. The zero-order valence-corrected chi connectivity index (χ0v) is 16.0. The standard InChI is InChI=1S/C18H20FN3O.C2HF3O2/c19-16-7-3-2-6-15(16)17-9-8-14(12-21-17)20-13-18(23)22-10-4-1-5-11-22;3-2(4,5)1(6)7/h2-3,6-9,12,20H,1,4-5,10-11,13H2;(H,6,7). The lowest BCUT2D eigenvalue weighted by Gasteiger charge is -2.26. The number of halogens is 4. The third-order valence-electron chi connectivity index (χ3n) is 4.31. The summed E-state index contributed by atoms with van der Waals surface area (Å²) in [5, 5.41) is 10.2. The van der Waals surface area contributed by atoms with Crippen LogP contribution in [0, 0.1) is 5.82 Å². The summed E-state index contributed by atoms with van der Waals surface area (Å²) in [7, 11) is 0. The minimum Gasteiger partial charge on any atom is -0.475 e. The van der Waals surface area contributed by atoms with Crippen LogP contribution in [0.5, 0.6) is 0 Å². The fraction of sp³-hybridized carbons (Fsp3) is 0.350. The van der Waals surface area contributed by atoms with Crippen LogP contribution in [0.15, 0.2) is 42.6 Å². The van der Waals surface area contributed by atoms with Gasteiger partial charge in [0.25, 0.3) is 0 Å². The minimum absolute atomic E-state index is 0.114. The molecule has 6 nitrogen and oxygen atoms in total. The quantitative estimate of drug-likeness (QED) is 0.723. The first-order valence-corrected chi connectivity index (χ1v) is 9.21. The lowest BCUT2D eigenvalue weighted by atomic mass is 10.1. The summed E-state index contributed by atoms with van der Waals surface area (Å²) in [5.41, 5.74) is 1.81. The van der Waals surface area contributed by atoms with Crippen LogP contribution in [0.3, 0.4) is 0 Å². The van der Waals surface area contributed by atoms with Crippen molar-refractivity contribution >= 4 is 17.6 Å². The first kappa shape index (κ1) is 23.1. The predicted octanol–water partition coefficient (Wildman–Crippen LogP) is 3.95. The van der Waals surface area contributed by atoms with Gasteiger partial charge in [-0.2, -0.15) is 13.2 Å². The molecule has 1 aliphatic rings. The molecule has 1 saturated heterocycles. The number of nitrogens with one attached hydrogen (secondary N) is 1. The Balaban J connectivity index is 0.000000396. The van der Waals surface area contributed by atoms with E-state index in [0.29, 0.717) is 11.3 Å². The number of likely N-dealkylation sites (tertiary alicyclic amines) is 1. The van der Waals surface area contributed by atoms with Gasteiger partial charge in [0.05, 0.1) is 24.1 Å². The van der Waals surface area contributed by atoms with Gasteiger partial charge in [0.2, 0.25) is 5.91 Å². The van der Waals surface area contributed by atoms with Gasteiger partial charge in [-0.15, -0.1) is 0 Å². The molecule has 0 atom stereocenters. The number of piperidine rings is 1. The van der Waals surface area contributed by atoms with Crippen molar-refractivity contribution in [3.05, 3.63) is 48.4 Å². The van der Waals surface area contributed by atoms with E-state index in [1.165, 1.54) is 12.5 Å². The van der Waals surface area contributed by atoms with Crippen molar-refractivity contribution in [3.8, 4) is 11.3 Å². The number of carbonyl (C=O) groups is 2. The second-order valence-electron chi connectivity index (χ2n) is 6.51. The van der Waals surface area contributed by atoms with E-state index >= 15 is 0 Å². The summed E-state index contributed by atoms with van der Waals surface area (Å²) in [6.45, 7) is 1.97. The SMILES string of the molecule is O=C(CNc1ccc(-c2ccccc2F)nc1)N1CCCCC1.O=C(O)C(F)(F)F. The molecule has 0 spiro atoms. The summed E-state index contributed by atoms with van der Waals surface area (Å²) in [4.78, 5) is 27.2. The second kappa shape index (κ2) is 10.6. The van der Waals surface area contributed by atoms with Gasteiger partial charge in [0.1, 0.15) is 5.82 Å². The van der Waals surface area contributed by atoms with E-state index < -0.39 is 12.1 Å². The Hall–Kier alpha value is -3.17. The first-order valence-electron chi connectivity index (χ1n) is 9.21. The highest BCUT2D eigenvalue weighted by molar-refractivity contribution is 5.81. The van der Waals surface area contributed by atoms with Crippen molar-refractivity contribution in [1.29, 1.82) is 0 Å². The van der Waals surface area contributed by atoms with Gasteiger partial charge in [-0.05, 0) is 43.5 Å². The minimum atomic E-state index is -5.08. The molecule has 162 valence electrons. The number of carboxylic acid groups (broad SMARTS) is 1. The molecule has 0 unspecified atom stereocenters. The molecule has 0 aliphatic carbocycles. The molecule has 10 heteroatoms. The number of amides is 1. The van der Waals surface area contributed by atoms with Crippen LogP contribution in [0.4, 0.5) is 23.2 Å². The zero-order valence-electron chi connectivity index (χ0n) is 16.0. The molecule has 30 heavy (non-hydrogen) atoms. The topological polar surface area (TPSA) is 82.5 Å². The number of aliphatic carboxylic acids is 1. The molecule has 1 aromatic heterocycles. The van der Waals surface area contributed by atoms with Crippen LogP contribution in [0.25, 0.3) is 11.3 Å². The molecule has 1 fully saturated rings. The van der Waals surface area contributed by atoms with Gasteiger partial charge in [0.15, 0.2) is 0 Å². The molecule has 2 N–H and O–H groups in total. The lowest BCUT2D eigenvalue weighted by Crippen LogP contribution is -2.39. The Bertz CT molecular complexity index is 851. The highest BCUT2D eigenvalue weighted by atomic mass is 19.4. The Labute approximate surface area is 170 Å². The van der Waals surface area contributed by atoms with Crippen LogP contribution < -0.4 is 5.32 Å². The summed E-state index contributed by atoms with van der Waals surface area (Å²) in [6.07, 6.45) is -0.0703. The number of nitrogens with zero attached hydrogens (tertiary/aromatic N) is 2. The zero-order chi connectivity index (χ0) is 22.1.